The molecule has 20 heavy (non-hydrogen) atoms. The highest BCUT2D eigenvalue weighted by Gasteiger charge is 2.18. The lowest BCUT2D eigenvalue weighted by molar-refractivity contribution is 0.614. The quantitative estimate of drug-likeness (QED) is 0.929. The number of hydrogen-bond acceptors (Lipinski definition) is 4. The maximum Gasteiger partial charge on any atom is 0.161 e. The van der Waals surface area contributed by atoms with Gasteiger partial charge >= 0.3 is 0 Å². The zero-order valence-electron chi connectivity index (χ0n) is 12.1. The van der Waals surface area contributed by atoms with Gasteiger partial charge in [0, 0.05) is 30.2 Å². The van der Waals surface area contributed by atoms with Gasteiger partial charge in [-0.15, -0.1) is 0 Å². The van der Waals surface area contributed by atoms with Crippen molar-refractivity contribution in [3.63, 3.8) is 0 Å². The first kappa shape index (κ1) is 13.2. The van der Waals surface area contributed by atoms with Gasteiger partial charge in [0.2, 0.25) is 0 Å². The van der Waals surface area contributed by atoms with E-state index in [1.807, 2.05) is 18.5 Å². The molecule has 0 bridgehead atoms. The van der Waals surface area contributed by atoms with Crippen LogP contribution < -0.4 is 5.32 Å². The Morgan fingerprint density at radius 1 is 1.30 bits per heavy atom. The first-order chi connectivity index (χ1) is 9.79. The van der Waals surface area contributed by atoms with E-state index in [2.05, 4.69) is 24.1 Å². The second kappa shape index (κ2) is 5.67. The zero-order valence-corrected chi connectivity index (χ0v) is 12.1. The van der Waals surface area contributed by atoms with E-state index in [4.69, 9.17) is 9.97 Å². The lowest BCUT2D eigenvalue weighted by Gasteiger charge is -2.20. The highest BCUT2D eigenvalue weighted by molar-refractivity contribution is 5.59. The Balaban J connectivity index is 2.13. The lowest BCUT2D eigenvalue weighted by atomic mass is 10.0. The van der Waals surface area contributed by atoms with Crippen LogP contribution in [0, 0.1) is 6.92 Å². The molecule has 0 atom stereocenters. The predicted octanol–water partition coefficient (Wildman–Crippen LogP) is 2.45. The molecule has 3 rings (SSSR count). The van der Waals surface area contributed by atoms with Gasteiger partial charge in [-0.2, -0.15) is 0 Å². The molecule has 0 spiro atoms. The number of hydrogen-bond donors (Lipinski definition) is 1. The SMILES string of the molecule is CCCc1nc(-c2cnccc2C)nc2c1CCNC2. The normalized spacial score (nSPS) is 14.1. The van der Waals surface area contributed by atoms with Crippen molar-refractivity contribution in [2.75, 3.05) is 6.54 Å². The molecule has 0 aliphatic carbocycles. The largest absolute Gasteiger partial charge is 0.311 e. The van der Waals surface area contributed by atoms with Crippen molar-refractivity contribution in [1.29, 1.82) is 0 Å². The van der Waals surface area contributed by atoms with Crippen LogP contribution >= 0.6 is 0 Å². The Morgan fingerprint density at radius 3 is 3.00 bits per heavy atom. The van der Waals surface area contributed by atoms with Crippen LogP contribution in [-0.4, -0.2) is 21.5 Å². The predicted molar refractivity (Wildman–Crippen MR) is 79.4 cm³/mol. The number of nitrogens with one attached hydrogen (secondary N) is 1. The van der Waals surface area contributed by atoms with Crippen molar-refractivity contribution < 1.29 is 0 Å². The highest BCUT2D eigenvalue weighted by Crippen LogP contribution is 2.24. The number of aromatic nitrogens is 3. The number of pyridine rings is 1. The molecule has 0 aromatic carbocycles. The Morgan fingerprint density at radius 2 is 2.20 bits per heavy atom. The Kier molecular flexibility index (Phi) is 3.74. The monoisotopic (exact) mass is 268 g/mol. The molecular formula is C16H20N4. The van der Waals surface area contributed by atoms with Crippen molar-refractivity contribution in [3.8, 4) is 11.4 Å². The molecular weight excluding hydrogens is 248 g/mol. The summed E-state index contributed by atoms with van der Waals surface area (Å²) in [5, 5.41) is 3.40. The minimum atomic E-state index is 0.821. The van der Waals surface area contributed by atoms with Crippen molar-refractivity contribution in [2.45, 2.75) is 39.7 Å². The number of rotatable bonds is 3. The van der Waals surface area contributed by atoms with Gasteiger partial charge in [-0.25, -0.2) is 9.97 Å². The van der Waals surface area contributed by atoms with Gasteiger partial charge in [0.25, 0.3) is 0 Å². The van der Waals surface area contributed by atoms with Crippen LogP contribution in [-0.2, 0) is 19.4 Å². The number of fused-ring (bicyclic) bond motifs is 1. The standard InChI is InChI=1S/C16H20N4/c1-3-4-14-12-6-8-18-10-15(12)20-16(19-14)13-9-17-7-5-11(13)2/h5,7,9,18H,3-4,6,8,10H2,1-2H3. The smallest absolute Gasteiger partial charge is 0.161 e. The van der Waals surface area contributed by atoms with Gasteiger partial charge in [0.15, 0.2) is 5.82 Å². The summed E-state index contributed by atoms with van der Waals surface area (Å²) in [7, 11) is 0. The van der Waals surface area contributed by atoms with Crippen LogP contribution in [0.2, 0.25) is 0 Å². The van der Waals surface area contributed by atoms with Crippen molar-refractivity contribution in [1.82, 2.24) is 20.3 Å². The topological polar surface area (TPSA) is 50.7 Å². The van der Waals surface area contributed by atoms with E-state index in [1.54, 1.807) is 0 Å². The van der Waals surface area contributed by atoms with Crippen LogP contribution in [0.1, 0.15) is 35.9 Å². The van der Waals surface area contributed by atoms with Gasteiger partial charge in [-0.1, -0.05) is 13.3 Å². The second-order valence-corrected chi connectivity index (χ2v) is 5.29. The Bertz CT molecular complexity index is 622. The summed E-state index contributed by atoms with van der Waals surface area (Å²) >= 11 is 0. The van der Waals surface area contributed by atoms with Crippen LogP contribution in [0.5, 0.6) is 0 Å². The van der Waals surface area contributed by atoms with E-state index in [0.717, 1.165) is 49.4 Å². The molecule has 2 aromatic heterocycles. The minimum absolute atomic E-state index is 0.821. The molecule has 0 unspecified atom stereocenters. The Hall–Kier alpha value is -1.81. The van der Waals surface area contributed by atoms with Crippen LogP contribution in [0.3, 0.4) is 0 Å². The molecule has 4 heteroatoms. The molecule has 0 fully saturated rings. The maximum absolute atomic E-state index is 4.83. The summed E-state index contributed by atoms with van der Waals surface area (Å²) in [4.78, 5) is 13.8. The zero-order chi connectivity index (χ0) is 13.9. The summed E-state index contributed by atoms with van der Waals surface area (Å²) in [6.07, 6.45) is 6.85. The highest BCUT2D eigenvalue weighted by atomic mass is 15.0. The van der Waals surface area contributed by atoms with E-state index >= 15 is 0 Å². The molecule has 0 saturated heterocycles. The Labute approximate surface area is 119 Å². The van der Waals surface area contributed by atoms with Gasteiger partial charge in [-0.05, 0) is 43.5 Å². The lowest BCUT2D eigenvalue weighted by Crippen LogP contribution is -2.26. The van der Waals surface area contributed by atoms with Crippen molar-refractivity contribution >= 4 is 0 Å². The summed E-state index contributed by atoms with van der Waals surface area (Å²) in [6, 6.07) is 2.01. The first-order valence-electron chi connectivity index (χ1n) is 7.30. The molecule has 1 aliphatic rings. The fraction of sp³-hybridized carbons (Fsp3) is 0.438. The van der Waals surface area contributed by atoms with Crippen LogP contribution in [0.25, 0.3) is 11.4 Å². The van der Waals surface area contributed by atoms with E-state index in [0.29, 0.717) is 0 Å². The average Bonchev–Trinajstić information content (AvgIpc) is 2.48. The third-order valence-corrected chi connectivity index (χ3v) is 3.79. The molecule has 2 aromatic rings. The molecule has 4 nitrogen and oxygen atoms in total. The van der Waals surface area contributed by atoms with E-state index in [9.17, 15) is 0 Å². The summed E-state index contributed by atoms with van der Waals surface area (Å²) in [5.74, 6) is 0.821. The summed E-state index contributed by atoms with van der Waals surface area (Å²) in [5.41, 5.74) is 5.95. The number of nitrogens with zero attached hydrogens (tertiary/aromatic N) is 3. The second-order valence-electron chi connectivity index (χ2n) is 5.29. The van der Waals surface area contributed by atoms with E-state index in [-0.39, 0.29) is 0 Å². The first-order valence-corrected chi connectivity index (χ1v) is 7.30. The molecule has 1 aliphatic heterocycles. The van der Waals surface area contributed by atoms with Gasteiger partial charge in [-0.3, -0.25) is 4.98 Å². The van der Waals surface area contributed by atoms with Gasteiger partial charge in [0.05, 0.1) is 5.69 Å². The van der Waals surface area contributed by atoms with Gasteiger partial charge in [0.1, 0.15) is 0 Å². The summed E-state index contributed by atoms with van der Waals surface area (Å²) < 4.78 is 0. The van der Waals surface area contributed by atoms with Gasteiger partial charge < -0.3 is 5.32 Å². The van der Waals surface area contributed by atoms with Crippen LogP contribution in [0.4, 0.5) is 0 Å². The fourth-order valence-electron chi connectivity index (χ4n) is 2.70. The average molecular weight is 268 g/mol. The summed E-state index contributed by atoms with van der Waals surface area (Å²) in [6.45, 7) is 6.15. The van der Waals surface area contributed by atoms with Crippen molar-refractivity contribution in [3.05, 3.63) is 41.0 Å². The molecule has 3 heterocycles. The third-order valence-electron chi connectivity index (χ3n) is 3.79. The fourth-order valence-corrected chi connectivity index (χ4v) is 2.70. The van der Waals surface area contributed by atoms with E-state index in [1.165, 1.54) is 16.8 Å². The minimum Gasteiger partial charge on any atom is -0.311 e. The molecule has 0 radical (unpaired) electrons. The molecule has 1 N–H and O–H groups in total. The van der Waals surface area contributed by atoms with Crippen LogP contribution in [0.15, 0.2) is 18.5 Å². The number of aryl methyl sites for hydroxylation is 2. The third kappa shape index (κ3) is 2.43. The maximum atomic E-state index is 4.83. The molecule has 104 valence electrons. The molecule has 0 amide bonds. The van der Waals surface area contributed by atoms with Crippen molar-refractivity contribution in [2.24, 2.45) is 0 Å². The van der Waals surface area contributed by atoms with E-state index < -0.39 is 0 Å². The molecule has 0 saturated carbocycles.